The number of benzene rings is 1. The van der Waals surface area contributed by atoms with E-state index in [1.807, 2.05) is 6.92 Å². The maximum atomic E-state index is 13.1. The predicted molar refractivity (Wildman–Crippen MR) is 103 cm³/mol. The zero-order valence-corrected chi connectivity index (χ0v) is 20.3. The van der Waals surface area contributed by atoms with Crippen LogP contribution in [0.4, 0.5) is 0 Å². The normalized spacial score (nSPS) is 21.8. The van der Waals surface area contributed by atoms with Crippen LogP contribution in [0, 0.1) is 11.3 Å². The molecule has 1 aromatic rings. The molecule has 152 valence electrons. The third-order valence-corrected chi connectivity index (χ3v) is 7.25. The van der Waals surface area contributed by atoms with Crippen molar-refractivity contribution in [3.63, 3.8) is 0 Å². The van der Waals surface area contributed by atoms with E-state index in [1.165, 1.54) is 0 Å². The van der Waals surface area contributed by atoms with Crippen molar-refractivity contribution in [1.82, 2.24) is 0 Å². The Morgan fingerprint density at radius 3 is 2.43 bits per heavy atom. The van der Waals surface area contributed by atoms with Crippen LogP contribution in [0.1, 0.15) is 54.9 Å². The minimum Gasteiger partial charge on any atom is -0.748 e. The summed E-state index contributed by atoms with van der Waals surface area (Å²) in [6.07, 6.45) is 5.07. The summed E-state index contributed by atoms with van der Waals surface area (Å²) in [5.74, 6) is 0.225. The summed E-state index contributed by atoms with van der Waals surface area (Å²) < 4.78 is 37.5. The summed E-state index contributed by atoms with van der Waals surface area (Å²) in [4.78, 5) is 13.1. The van der Waals surface area contributed by atoms with Crippen molar-refractivity contribution in [2.75, 3.05) is 12.4 Å². The van der Waals surface area contributed by atoms with Gasteiger partial charge in [0, 0.05) is 16.7 Å². The molecule has 1 saturated carbocycles. The minimum absolute atomic E-state index is 0. The summed E-state index contributed by atoms with van der Waals surface area (Å²) in [6.45, 7) is 2.04. The van der Waals surface area contributed by atoms with Gasteiger partial charge >= 0.3 is 29.6 Å². The van der Waals surface area contributed by atoms with Gasteiger partial charge in [-0.05, 0) is 43.2 Å². The number of carbonyl (C=O) groups is 1. The van der Waals surface area contributed by atoms with Crippen molar-refractivity contribution in [3.05, 3.63) is 27.2 Å². The molecule has 10 heteroatoms. The fraction of sp³-hybridized carbons (Fsp3) is 0.611. The molecule has 1 aromatic carbocycles. The zero-order valence-electron chi connectivity index (χ0n) is 16.0. The summed E-state index contributed by atoms with van der Waals surface area (Å²) >= 11 is 12.7. The van der Waals surface area contributed by atoms with Gasteiger partial charge in [0.1, 0.15) is 10.8 Å². The smallest absolute Gasteiger partial charge is 0.748 e. The van der Waals surface area contributed by atoms with Gasteiger partial charge in [0.15, 0.2) is 5.78 Å². The van der Waals surface area contributed by atoms with Crippen LogP contribution in [0.3, 0.4) is 0 Å². The summed E-state index contributed by atoms with van der Waals surface area (Å²) in [6, 6.07) is 1.73. The van der Waals surface area contributed by atoms with Gasteiger partial charge in [-0.25, -0.2) is 8.42 Å². The third kappa shape index (κ3) is 5.24. The quantitative estimate of drug-likeness (QED) is 0.346. The number of halogens is 2. The minimum atomic E-state index is -4.27. The van der Waals surface area contributed by atoms with Gasteiger partial charge in [0.2, 0.25) is 0 Å². The molecule has 0 bridgehead atoms. The molecule has 2 aliphatic rings. The van der Waals surface area contributed by atoms with Gasteiger partial charge in [0.05, 0.1) is 21.7 Å². The fourth-order valence-corrected chi connectivity index (χ4v) is 5.19. The van der Waals surface area contributed by atoms with Crippen LogP contribution in [0.5, 0.6) is 5.75 Å². The molecule has 1 fully saturated rings. The second kappa shape index (κ2) is 9.96. The standard InChI is InChI=1S/C18H22Cl2O5S.Na.H2O/c1-18(12-5-2-3-6-12)10-11-9-13(25-7-4-8-26(22,23)24)15(19)16(20)14(11)17(18)21;;/h9,12H,2-8,10H2,1H3,(H,22,23,24);;1H2/q;+1;/p-1. The first-order chi connectivity index (χ1) is 12.1. The van der Waals surface area contributed by atoms with Gasteiger partial charge in [0.25, 0.3) is 0 Å². The Balaban J connectivity index is 0.00000196. The molecule has 0 radical (unpaired) electrons. The number of rotatable bonds is 6. The van der Waals surface area contributed by atoms with E-state index in [2.05, 4.69) is 0 Å². The molecule has 0 heterocycles. The molecule has 3 rings (SSSR count). The van der Waals surface area contributed by atoms with E-state index in [0.717, 1.165) is 31.2 Å². The van der Waals surface area contributed by atoms with E-state index < -0.39 is 21.3 Å². The molecule has 28 heavy (non-hydrogen) atoms. The SMILES string of the molecule is CC1(C2CCCC2)Cc2cc(OCCCS(=O)(=O)[O-])c(Cl)c(Cl)c2C1=O.O.[Na+]. The summed E-state index contributed by atoms with van der Waals surface area (Å²) in [7, 11) is -4.27. The zero-order chi connectivity index (χ0) is 19.1. The molecule has 0 spiro atoms. The van der Waals surface area contributed by atoms with E-state index in [9.17, 15) is 17.8 Å². The number of fused-ring (bicyclic) bond motifs is 1. The van der Waals surface area contributed by atoms with Gasteiger partial charge in [-0.3, -0.25) is 4.79 Å². The number of hydrogen-bond donors (Lipinski definition) is 0. The second-order valence-corrected chi connectivity index (χ2v) is 9.68. The van der Waals surface area contributed by atoms with Crippen molar-refractivity contribution in [2.24, 2.45) is 11.3 Å². The maximum Gasteiger partial charge on any atom is 1.00 e. The van der Waals surface area contributed by atoms with Crippen molar-refractivity contribution in [2.45, 2.75) is 45.4 Å². The fourth-order valence-electron chi connectivity index (χ4n) is 4.21. The van der Waals surface area contributed by atoms with Crippen LogP contribution in [0.25, 0.3) is 0 Å². The van der Waals surface area contributed by atoms with Crippen molar-refractivity contribution < 1.29 is 57.5 Å². The molecule has 6 nitrogen and oxygen atoms in total. The Morgan fingerprint density at radius 2 is 1.86 bits per heavy atom. The van der Waals surface area contributed by atoms with E-state index in [-0.39, 0.29) is 63.9 Å². The van der Waals surface area contributed by atoms with Crippen molar-refractivity contribution >= 4 is 39.1 Å². The first-order valence-electron chi connectivity index (χ1n) is 8.75. The van der Waals surface area contributed by atoms with Gasteiger partial charge in [-0.2, -0.15) is 0 Å². The van der Waals surface area contributed by atoms with Crippen LogP contribution < -0.4 is 34.3 Å². The van der Waals surface area contributed by atoms with Gasteiger partial charge < -0.3 is 14.8 Å². The van der Waals surface area contributed by atoms with E-state index >= 15 is 0 Å². The number of carbonyl (C=O) groups excluding carboxylic acids is 1. The summed E-state index contributed by atoms with van der Waals surface area (Å²) in [5, 5.41) is 0.349. The Labute approximate surface area is 197 Å². The topological polar surface area (TPSA) is 115 Å². The monoisotopic (exact) mass is 460 g/mol. The number of hydrogen-bond acceptors (Lipinski definition) is 5. The van der Waals surface area contributed by atoms with Crippen molar-refractivity contribution in [3.8, 4) is 5.75 Å². The molecule has 0 aliphatic heterocycles. The number of Topliss-reactive ketones (excluding diaryl/α,β-unsaturated/α-hetero) is 1. The molecule has 0 saturated heterocycles. The molecule has 2 aliphatic carbocycles. The van der Waals surface area contributed by atoms with Crippen LogP contribution in [0.15, 0.2) is 6.07 Å². The largest absolute Gasteiger partial charge is 1.00 e. The van der Waals surface area contributed by atoms with Gasteiger partial charge in [-0.1, -0.05) is 43.0 Å². The van der Waals surface area contributed by atoms with Crippen LogP contribution in [-0.4, -0.2) is 36.6 Å². The molecular formula is C18H23Cl2NaO6S. The second-order valence-electron chi connectivity index (χ2n) is 7.41. The average Bonchev–Trinajstić information content (AvgIpc) is 3.16. The first-order valence-corrected chi connectivity index (χ1v) is 11.1. The van der Waals surface area contributed by atoms with Crippen LogP contribution in [0.2, 0.25) is 10.0 Å². The van der Waals surface area contributed by atoms with E-state index in [4.69, 9.17) is 27.9 Å². The molecule has 0 amide bonds. The third-order valence-electron chi connectivity index (χ3n) is 5.61. The first kappa shape index (κ1) is 26.2. The van der Waals surface area contributed by atoms with E-state index in [1.54, 1.807) is 6.07 Å². The Hall–Kier alpha value is 0.140. The molecular weight excluding hydrogens is 438 g/mol. The van der Waals surface area contributed by atoms with Crippen LogP contribution in [-0.2, 0) is 16.5 Å². The van der Waals surface area contributed by atoms with Crippen molar-refractivity contribution in [1.29, 1.82) is 0 Å². The van der Waals surface area contributed by atoms with E-state index in [0.29, 0.717) is 23.7 Å². The molecule has 1 atom stereocenters. The van der Waals surface area contributed by atoms with Gasteiger partial charge in [-0.15, -0.1) is 0 Å². The molecule has 1 unspecified atom stereocenters. The number of ketones is 1. The Morgan fingerprint density at radius 1 is 1.25 bits per heavy atom. The molecule has 2 N–H and O–H groups in total. The average molecular weight is 461 g/mol. The Bertz CT molecular complexity index is 839. The predicted octanol–water partition coefficient (Wildman–Crippen LogP) is 0.422. The van der Waals surface area contributed by atoms with Crippen LogP contribution >= 0.6 is 23.2 Å². The Kier molecular flexibility index (Phi) is 9.32. The maximum absolute atomic E-state index is 13.1. The molecule has 0 aromatic heterocycles. The number of ether oxygens (including phenoxy) is 1. The summed E-state index contributed by atoms with van der Waals surface area (Å²) in [5.41, 5.74) is 0.854.